The van der Waals surface area contributed by atoms with E-state index in [2.05, 4.69) is 10.3 Å². The molecule has 3 N–H and O–H groups in total. The van der Waals surface area contributed by atoms with Crippen molar-refractivity contribution in [3.05, 3.63) is 77.7 Å². The lowest BCUT2D eigenvalue weighted by molar-refractivity contribution is -0.113. The highest BCUT2D eigenvalue weighted by Crippen LogP contribution is 2.35. The third-order valence-corrected chi connectivity index (χ3v) is 5.86. The molecule has 2 aromatic heterocycles. The maximum atomic E-state index is 12.3. The number of primary amides is 1. The zero-order valence-corrected chi connectivity index (χ0v) is 17.3. The number of anilines is 1. The van der Waals surface area contributed by atoms with E-state index in [0.29, 0.717) is 21.5 Å². The van der Waals surface area contributed by atoms with Gasteiger partial charge >= 0.3 is 0 Å². The van der Waals surface area contributed by atoms with Gasteiger partial charge in [-0.1, -0.05) is 72.4 Å². The molecule has 0 unspecified atom stereocenters. The predicted octanol–water partition coefficient (Wildman–Crippen LogP) is 4.90. The normalized spacial score (nSPS) is 10.7. The number of aromatic nitrogens is 1. The summed E-state index contributed by atoms with van der Waals surface area (Å²) < 4.78 is 6.00. The number of nitrogens with two attached hydrogens (primary N) is 1. The summed E-state index contributed by atoms with van der Waals surface area (Å²) in [6.07, 6.45) is 0. The molecule has 2 heterocycles. The molecular formula is C22H17N3O3S2. The van der Waals surface area contributed by atoms with Gasteiger partial charge < -0.3 is 15.5 Å². The van der Waals surface area contributed by atoms with Crippen LogP contribution in [-0.4, -0.2) is 22.6 Å². The van der Waals surface area contributed by atoms with Crippen LogP contribution in [0.15, 0.2) is 81.8 Å². The van der Waals surface area contributed by atoms with Crippen molar-refractivity contribution in [2.75, 3.05) is 11.1 Å². The van der Waals surface area contributed by atoms with Crippen molar-refractivity contribution in [3.63, 3.8) is 0 Å². The van der Waals surface area contributed by atoms with Gasteiger partial charge in [-0.05, 0) is 11.4 Å². The minimum atomic E-state index is -0.577. The summed E-state index contributed by atoms with van der Waals surface area (Å²) in [5.41, 5.74) is 8.17. The Balaban J connectivity index is 1.53. The Hall–Kier alpha value is -3.36. The van der Waals surface area contributed by atoms with Gasteiger partial charge in [0.05, 0.1) is 11.3 Å². The summed E-state index contributed by atoms with van der Waals surface area (Å²) in [5.74, 6) is -0.115. The minimum Gasteiger partial charge on any atom is -0.431 e. The number of nitrogens with zero attached hydrogens (tertiary/aromatic N) is 1. The number of thiophene rings is 1. The van der Waals surface area contributed by atoms with Crippen LogP contribution in [0.3, 0.4) is 0 Å². The van der Waals surface area contributed by atoms with Crippen LogP contribution in [0.2, 0.25) is 0 Å². The number of hydrogen-bond donors (Lipinski definition) is 2. The van der Waals surface area contributed by atoms with Crippen LogP contribution in [0.5, 0.6) is 0 Å². The number of carbonyl (C=O) groups is 2. The fourth-order valence-electron chi connectivity index (χ4n) is 2.83. The number of benzene rings is 2. The van der Waals surface area contributed by atoms with Gasteiger partial charge in [0, 0.05) is 11.1 Å². The molecule has 0 radical (unpaired) electrons. The number of amides is 2. The lowest BCUT2D eigenvalue weighted by atomic mass is 10.1. The van der Waals surface area contributed by atoms with E-state index in [1.807, 2.05) is 60.7 Å². The lowest BCUT2D eigenvalue weighted by Crippen LogP contribution is -2.17. The van der Waals surface area contributed by atoms with Crippen LogP contribution in [0.1, 0.15) is 10.4 Å². The van der Waals surface area contributed by atoms with Crippen LogP contribution in [0.25, 0.3) is 22.6 Å². The molecule has 0 saturated heterocycles. The number of rotatable bonds is 7. The van der Waals surface area contributed by atoms with Gasteiger partial charge in [0.2, 0.25) is 5.91 Å². The van der Waals surface area contributed by atoms with Gasteiger partial charge in [-0.3, -0.25) is 9.59 Å². The Labute approximate surface area is 181 Å². The van der Waals surface area contributed by atoms with Gasteiger partial charge in [-0.25, -0.2) is 4.98 Å². The molecule has 4 aromatic rings. The van der Waals surface area contributed by atoms with Gasteiger partial charge in [0.25, 0.3) is 11.1 Å². The van der Waals surface area contributed by atoms with Crippen molar-refractivity contribution in [3.8, 4) is 22.6 Å². The standard InChI is InChI=1S/C22H17N3O3S2/c23-20(27)16-11-12-29-21(16)24-17(26)13-30-22-25-18(14-7-3-1-4-8-14)19(28-22)15-9-5-2-6-10-15/h1-12H,13H2,(H2,23,27)(H,24,26). The lowest BCUT2D eigenvalue weighted by Gasteiger charge is -2.03. The quantitative estimate of drug-likeness (QED) is 0.402. The number of nitrogens with one attached hydrogen (secondary N) is 1. The van der Waals surface area contributed by atoms with Crippen LogP contribution in [-0.2, 0) is 4.79 Å². The van der Waals surface area contributed by atoms with Crippen molar-refractivity contribution in [1.29, 1.82) is 0 Å². The van der Waals surface area contributed by atoms with E-state index in [1.54, 1.807) is 11.4 Å². The van der Waals surface area contributed by atoms with Gasteiger partial charge in [-0.15, -0.1) is 11.3 Å². The second-order valence-corrected chi connectivity index (χ2v) is 8.10. The van der Waals surface area contributed by atoms with Crippen LogP contribution >= 0.6 is 23.1 Å². The van der Waals surface area contributed by atoms with Crippen LogP contribution in [0, 0.1) is 0 Å². The van der Waals surface area contributed by atoms with Crippen molar-refractivity contribution in [2.24, 2.45) is 5.73 Å². The van der Waals surface area contributed by atoms with Gasteiger partial charge in [-0.2, -0.15) is 0 Å². The molecule has 0 fully saturated rings. The fraction of sp³-hybridized carbons (Fsp3) is 0.0455. The molecule has 0 saturated carbocycles. The molecule has 0 aliphatic heterocycles. The average molecular weight is 436 g/mol. The topological polar surface area (TPSA) is 98.2 Å². The van der Waals surface area contributed by atoms with E-state index in [0.717, 1.165) is 16.8 Å². The molecule has 0 spiro atoms. The molecule has 0 bridgehead atoms. The SMILES string of the molecule is NC(=O)c1ccsc1NC(=O)CSc1nc(-c2ccccc2)c(-c2ccccc2)o1. The molecule has 0 atom stereocenters. The third-order valence-electron chi connectivity index (χ3n) is 4.20. The third kappa shape index (κ3) is 4.45. The second-order valence-electron chi connectivity index (χ2n) is 6.25. The molecular weight excluding hydrogens is 418 g/mol. The van der Waals surface area contributed by atoms with E-state index in [4.69, 9.17) is 10.2 Å². The first kappa shape index (κ1) is 19.9. The number of oxazole rings is 1. The molecule has 0 aliphatic rings. The first-order valence-corrected chi connectivity index (χ1v) is 10.9. The zero-order chi connectivity index (χ0) is 20.9. The van der Waals surface area contributed by atoms with E-state index in [1.165, 1.54) is 23.1 Å². The van der Waals surface area contributed by atoms with Gasteiger partial charge in [0.1, 0.15) is 10.7 Å². The molecule has 4 rings (SSSR count). The van der Waals surface area contributed by atoms with Crippen LogP contribution in [0.4, 0.5) is 5.00 Å². The summed E-state index contributed by atoms with van der Waals surface area (Å²) in [6.45, 7) is 0. The average Bonchev–Trinajstić information content (AvgIpc) is 3.41. The fourth-order valence-corrected chi connectivity index (χ4v) is 4.26. The molecule has 30 heavy (non-hydrogen) atoms. The predicted molar refractivity (Wildman–Crippen MR) is 120 cm³/mol. The molecule has 150 valence electrons. The summed E-state index contributed by atoms with van der Waals surface area (Å²) in [7, 11) is 0. The van der Waals surface area contributed by atoms with Crippen molar-refractivity contribution < 1.29 is 14.0 Å². The highest BCUT2D eigenvalue weighted by Gasteiger charge is 2.18. The van der Waals surface area contributed by atoms with E-state index < -0.39 is 5.91 Å². The summed E-state index contributed by atoms with van der Waals surface area (Å²) in [5, 5.41) is 5.25. The highest BCUT2D eigenvalue weighted by atomic mass is 32.2. The number of carbonyl (C=O) groups excluding carboxylic acids is 2. The maximum Gasteiger partial charge on any atom is 0.257 e. The Morgan fingerprint density at radius 1 is 1.00 bits per heavy atom. The summed E-state index contributed by atoms with van der Waals surface area (Å²) in [6, 6.07) is 21.1. The Morgan fingerprint density at radius 2 is 1.67 bits per heavy atom. The first-order chi connectivity index (χ1) is 14.6. The van der Waals surface area contributed by atoms with Crippen LogP contribution < -0.4 is 11.1 Å². The van der Waals surface area contributed by atoms with Crippen molar-refractivity contribution in [1.82, 2.24) is 4.98 Å². The highest BCUT2D eigenvalue weighted by molar-refractivity contribution is 7.99. The van der Waals surface area contributed by atoms with E-state index in [-0.39, 0.29) is 11.7 Å². The smallest absolute Gasteiger partial charge is 0.257 e. The Morgan fingerprint density at radius 3 is 2.33 bits per heavy atom. The second kappa shape index (κ2) is 8.98. The van der Waals surface area contributed by atoms with Crippen molar-refractivity contribution in [2.45, 2.75) is 5.22 Å². The number of hydrogen-bond acceptors (Lipinski definition) is 6. The first-order valence-electron chi connectivity index (χ1n) is 9.03. The van der Waals surface area contributed by atoms with E-state index in [9.17, 15) is 9.59 Å². The minimum absolute atomic E-state index is 0.0824. The molecule has 2 amide bonds. The Bertz CT molecular complexity index is 1110. The molecule has 2 aromatic carbocycles. The summed E-state index contributed by atoms with van der Waals surface area (Å²) >= 11 is 2.44. The molecule has 0 aliphatic carbocycles. The Kier molecular flexibility index (Phi) is 5.97. The largest absolute Gasteiger partial charge is 0.431 e. The van der Waals surface area contributed by atoms with Crippen molar-refractivity contribution >= 4 is 39.9 Å². The summed E-state index contributed by atoms with van der Waals surface area (Å²) in [4.78, 5) is 28.4. The maximum absolute atomic E-state index is 12.3. The van der Waals surface area contributed by atoms with E-state index >= 15 is 0 Å². The monoisotopic (exact) mass is 435 g/mol. The number of thioether (sulfide) groups is 1. The molecule has 6 nitrogen and oxygen atoms in total. The molecule has 8 heteroatoms. The zero-order valence-electron chi connectivity index (χ0n) is 15.7. The van der Waals surface area contributed by atoms with Gasteiger partial charge in [0.15, 0.2) is 5.76 Å².